The van der Waals surface area contributed by atoms with E-state index in [9.17, 15) is 9.59 Å². The lowest BCUT2D eigenvalue weighted by atomic mass is 9.95. The van der Waals surface area contributed by atoms with Crippen LogP contribution in [0.4, 0.5) is 4.79 Å². The highest BCUT2D eigenvalue weighted by Crippen LogP contribution is 2.27. The third-order valence-electron chi connectivity index (χ3n) is 5.71. The maximum Gasteiger partial charge on any atom is 0.410 e. The number of thiazole rings is 1. The van der Waals surface area contributed by atoms with Crippen molar-refractivity contribution < 1.29 is 19.1 Å². The van der Waals surface area contributed by atoms with Gasteiger partial charge in [0.2, 0.25) is 0 Å². The van der Waals surface area contributed by atoms with Gasteiger partial charge in [0.05, 0.1) is 18.7 Å². The molecule has 1 fully saturated rings. The van der Waals surface area contributed by atoms with Crippen molar-refractivity contribution in [1.82, 2.24) is 9.47 Å². The fourth-order valence-electron chi connectivity index (χ4n) is 3.92. The number of benzene rings is 1. The Labute approximate surface area is 216 Å². The second kappa shape index (κ2) is 10.7. The summed E-state index contributed by atoms with van der Waals surface area (Å²) in [5, 5.41) is 0.439. The maximum atomic E-state index is 13.2. The van der Waals surface area contributed by atoms with Gasteiger partial charge in [-0.15, -0.1) is 11.3 Å². The van der Waals surface area contributed by atoms with Gasteiger partial charge in [0.15, 0.2) is 4.80 Å². The summed E-state index contributed by atoms with van der Waals surface area (Å²) in [6, 6.07) is 4.86. The molecule has 1 unspecified atom stereocenters. The number of methoxy groups -OCH3 is 1. The van der Waals surface area contributed by atoms with Gasteiger partial charge < -0.3 is 18.9 Å². The van der Waals surface area contributed by atoms with Gasteiger partial charge in [-0.05, 0) is 63.6 Å². The van der Waals surface area contributed by atoms with E-state index in [1.54, 1.807) is 18.2 Å². The van der Waals surface area contributed by atoms with Gasteiger partial charge in [0.1, 0.15) is 11.4 Å². The van der Waals surface area contributed by atoms with Crippen LogP contribution >= 0.6 is 22.9 Å². The average Bonchev–Trinajstić information content (AvgIpc) is 3.15. The Morgan fingerprint density at radius 3 is 2.51 bits per heavy atom. The van der Waals surface area contributed by atoms with Gasteiger partial charge >= 0.3 is 6.09 Å². The van der Waals surface area contributed by atoms with Crippen LogP contribution in [0.3, 0.4) is 0 Å². The molecule has 0 spiro atoms. The van der Waals surface area contributed by atoms with Gasteiger partial charge in [-0.2, -0.15) is 4.99 Å². The van der Waals surface area contributed by atoms with E-state index in [1.807, 2.05) is 36.4 Å². The fourth-order valence-corrected chi connectivity index (χ4v) is 5.15. The Bertz CT molecular complexity index is 1140. The first-order chi connectivity index (χ1) is 16.3. The minimum atomic E-state index is -0.559. The number of carbonyl (C=O) groups excluding carboxylic acids is 2. The molecule has 9 heteroatoms. The number of carbonyl (C=O) groups is 2. The molecule has 35 heavy (non-hydrogen) atoms. The molecule has 1 saturated heterocycles. The van der Waals surface area contributed by atoms with E-state index >= 15 is 0 Å². The second-order valence-corrected chi connectivity index (χ2v) is 12.3. The van der Waals surface area contributed by atoms with E-state index in [-0.39, 0.29) is 17.6 Å². The average molecular weight is 522 g/mol. The molecule has 2 amide bonds. The smallest absolute Gasteiger partial charge is 0.410 e. The van der Waals surface area contributed by atoms with Crippen molar-refractivity contribution in [2.24, 2.45) is 4.99 Å². The Hall–Kier alpha value is -2.32. The normalized spacial score (nSPS) is 17.4. The molecule has 1 aliphatic rings. The van der Waals surface area contributed by atoms with Crippen molar-refractivity contribution in [3.05, 3.63) is 44.7 Å². The number of ether oxygens (including phenoxy) is 2. The first kappa shape index (κ1) is 27.3. The number of halogens is 1. The van der Waals surface area contributed by atoms with E-state index in [2.05, 4.69) is 25.8 Å². The Morgan fingerprint density at radius 2 is 1.89 bits per heavy atom. The summed E-state index contributed by atoms with van der Waals surface area (Å²) in [6.07, 6.45) is 4.59. The molecule has 0 saturated carbocycles. The van der Waals surface area contributed by atoms with Gasteiger partial charge in [-0.3, -0.25) is 4.79 Å². The SMILES string of the molecule is COc1ccc(Cl)cc1C(=O)/N=c1\sc(C(C)(C)C)cn1CC1CCCCN1C(=O)OC(C)(C)C. The van der Waals surface area contributed by atoms with Crippen LogP contribution in [0, 0.1) is 0 Å². The summed E-state index contributed by atoms with van der Waals surface area (Å²) in [6.45, 7) is 13.2. The molecule has 0 N–H and O–H groups in total. The largest absolute Gasteiger partial charge is 0.496 e. The molecular formula is C26H36ClN3O4S. The monoisotopic (exact) mass is 521 g/mol. The highest BCUT2D eigenvalue weighted by atomic mass is 35.5. The molecule has 1 atom stereocenters. The number of nitrogens with zero attached hydrogens (tertiary/aromatic N) is 3. The number of hydrogen-bond donors (Lipinski definition) is 0. The fraction of sp³-hybridized carbons (Fsp3) is 0.577. The molecule has 7 nitrogen and oxygen atoms in total. The van der Waals surface area contributed by atoms with Crippen LogP contribution in [-0.4, -0.2) is 46.8 Å². The Kier molecular flexibility index (Phi) is 8.37. The molecule has 192 valence electrons. The van der Waals surface area contributed by atoms with Crippen LogP contribution in [0.25, 0.3) is 0 Å². The number of aromatic nitrogens is 1. The van der Waals surface area contributed by atoms with Gasteiger partial charge in [-0.1, -0.05) is 32.4 Å². The number of likely N-dealkylation sites (tertiary alicyclic amines) is 1. The highest BCUT2D eigenvalue weighted by molar-refractivity contribution is 7.09. The van der Waals surface area contributed by atoms with Crippen LogP contribution in [0.15, 0.2) is 29.4 Å². The van der Waals surface area contributed by atoms with Crippen LogP contribution in [0.5, 0.6) is 5.75 Å². The standard InChI is InChI=1S/C26H36ClN3O4S/c1-25(2,3)21-16-29(15-18-10-8-9-13-30(18)24(32)34-26(4,5)6)23(35-21)28-22(31)19-14-17(27)11-12-20(19)33-7/h11-12,14,16,18H,8-10,13,15H2,1-7H3/b28-23-. The number of amides is 2. The maximum absolute atomic E-state index is 13.2. The van der Waals surface area contributed by atoms with Gasteiger partial charge in [-0.25, -0.2) is 4.79 Å². The Balaban J connectivity index is 1.99. The van der Waals surface area contributed by atoms with Crippen molar-refractivity contribution in [3.63, 3.8) is 0 Å². The molecular weight excluding hydrogens is 486 g/mol. The molecule has 0 aliphatic carbocycles. The number of rotatable bonds is 4. The summed E-state index contributed by atoms with van der Waals surface area (Å²) in [5.41, 5.74) is -0.365. The lowest BCUT2D eigenvalue weighted by molar-refractivity contribution is 0.00768. The van der Waals surface area contributed by atoms with Crippen molar-refractivity contribution in [3.8, 4) is 5.75 Å². The molecule has 1 aliphatic heterocycles. The molecule has 0 radical (unpaired) electrons. The topological polar surface area (TPSA) is 73.1 Å². The molecule has 2 aromatic rings. The van der Waals surface area contributed by atoms with E-state index in [1.165, 1.54) is 18.4 Å². The summed E-state index contributed by atoms with van der Waals surface area (Å²) in [4.78, 5) is 34.1. The lowest BCUT2D eigenvalue weighted by Gasteiger charge is -2.37. The van der Waals surface area contributed by atoms with Crippen LogP contribution in [0.1, 0.15) is 76.0 Å². The molecule has 3 rings (SSSR count). The van der Waals surface area contributed by atoms with E-state index in [0.717, 1.165) is 24.1 Å². The lowest BCUT2D eigenvalue weighted by Crippen LogP contribution is -2.48. The Morgan fingerprint density at radius 1 is 1.17 bits per heavy atom. The first-order valence-electron chi connectivity index (χ1n) is 11.9. The second-order valence-electron chi connectivity index (χ2n) is 10.9. The zero-order valence-electron chi connectivity index (χ0n) is 21.7. The first-order valence-corrected chi connectivity index (χ1v) is 13.1. The molecule has 1 aromatic carbocycles. The van der Waals surface area contributed by atoms with Crippen molar-refractivity contribution in [2.75, 3.05) is 13.7 Å². The third-order valence-corrected chi connectivity index (χ3v) is 7.39. The molecule has 1 aromatic heterocycles. The zero-order valence-corrected chi connectivity index (χ0v) is 23.3. The van der Waals surface area contributed by atoms with Crippen molar-refractivity contribution in [2.45, 2.75) is 84.4 Å². The predicted octanol–water partition coefficient (Wildman–Crippen LogP) is 6.04. The van der Waals surface area contributed by atoms with Gasteiger partial charge in [0, 0.05) is 29.2 Å². The zero-order chi connectivity index (χ0) is 26.0. The molecule has 2 heterocycles. The van der Waals surface area contributed by atoms with Crippen molar-refractivity contribution in [1.29, 1.82) is 0 Å². The quantitative estimate of drug-likeness (QED) is 0.491. The minimum Gasteiger partial charge on any atom is -0.496 e. The summed E-state index contributed by atoms with van der Waals surface area (Å²) >= 11 is 7.62. The summed E-state index contributed by atoms with van der Waals surface area (Å²) in [7, 11) is 1.51. The number of piperidine rings is 1. The van der Waals surface area contributed by atoms with Gasteiger partial charge in [0.25, 0.3) is 5.91 Å². The van der Waals surface area contributed by atoms with E-state index in [0.29, 0.717) is 34.2 Å². The highest BCUT2D eigenvalue weighted by Gasteiger charge is 2.31. The van der Waals surface area contributed by atoms with E-state index < -0.39 is 11.5 Å². The van der Waals surface area contributed by atoms with Crippen LogP contribution < -0.4 is 9.54 Å². The van der Waals surface area contributed by atoms with Crippen LogP contribution in [0.2, 0.25) is 5.02 Å². The number of hydrogen-bond acceptors (Lipinski definition) is 5. The predicted molar refractivity (Wildman–Crippen MR) is 139 cm³/mol. The minimum absolute atomic E-state index is 0.0456. The van der Waals surface area contributed by atoms with E-state index in [4.69, 9.17) is 21.1 Å². The summed E-state index contributed by atoms with van der Waals surface area (Å²) in [5.74, 6) is -0.00117. The third kappa shape index (κ3) is 7.10. The van der Waals surface area contributed by atoms with Crippen LogP contribution in [-0.2, 0) is 16.7 Å². The molecule has 0 bridgehead atoms. The van der Waals surface area contributed by atoms with Crippen molar-refractivity contribution >= 4 is 34.9 Å². The summed E-state index contributed by atoms with van der Waals surface area (Å²) < 4.78 is 13.0.